The third kappa shape index (κ3) is 4.75. The molecule has 0 aliphatic carbocycles. The minimum absolute atomic E-state index is 0.147. The Morgan fingerprint density at radius 1 is 1.53 bits per heavy atom. The van der Waals surface area contributed by atoms with Gasteiger partial charge in [0, 0.05) is 19.8 Å². The molecular weight excluding hydrogens is 218 g/mol. The number of rotatable bonds is 7. The smallest absolute Gasteiger partial charge is 0.0945 e. The average molecular weight is 241 g/mol. The summed E-state index contributed by atoms with van der Waals surface area (Å²) in [5.41, 5.74) is 2.00. The lowest BCUT2D eigenvalue weighted by Crippen LogP contribution is -2.26. The van der Waals surface area contributed by atoms with Crippen molar-refractivity contribution in [2.45, 2.75) is 39.4 Å². The van der Waals surface area contributed by atoms with Crippen LogP contribution in [0.25, 0.3) is 0 Å². The summed E-state index contributed by atoms with van der Waals surface area (Å²) in [6, 6.07) is 0. The summed E-state index contributed by atoms with van der Waals surface area (Å²) < 4.78 is 7.12. The molecule has 0 fully saturated rings. The fourth-order valence-corrected chi connectivity index (χ4v) is 1.53. The molecule has 0 aliphatic heterocycles. The molecule has 0 radical (unpaired) electrons. The summed E-state index contributed by atoms with van der Waals surface area (Å²) in [4.78, 5) is 0. The summed E-state index contributed by atoms with van der Waals surface area (Å²) in [6.45, 7) is 6.80. The molecule has 0 saturated carbocycles. The fraction of sp³-hybridized carbons (Fsp3) is 0.750. The van der Waals surface area contributed by atoms with Crippen molar-refractivity contribution >= 4 is 5.69 Å². The number of nitrogens with zero attached hydrogens (tertiary/aromatic N) is 2. The second kappa shape index (κ2) is 6.61. The number of nitrogens with one attached hydrogen (secondary N) is 1. The first-order chi connectivity index (χ1) is 8.02. The van der Waals surface area contributed by atoms with E-state index in [0.717, 1.165) is 17.8 Å². The molecule has 1 aromatic heterocycles. The van der Waals surface area contributed by atoms with Crippen LogP contribution in [-0.2, 0) is 18.2 Å². The average Bonchev–Trinajstić information content (AvgIpc) is 2.64. The molecule has 0 amide bonds. The number of aliphatic hydroxyl groups excluding tert-OH is 1. The van der Waals surface area contributed by atoms with Crippen LogP contribution in [0.2, 0.25) is 0 Å². The van der Waals surface area contributed by atoms with Gasteiger partial charge in [0.15, 0.2) is 0 Å². The largest absolute Gasteiger partial charge is 0.389 e. The molecule has 0 aromatic carbocycles. The second-order valence-electron chi connectivity index (χ2n) is 4.43. The Kier molecular flexibility index (Phi) is 5.44. The first-order valence-corrected chi connectivity index (χ1v) is 6.09. The highest BCUT2D eigenvalue weighted by atomic mass is 16.5. The lowest BCUT2D eigenvalue weighted by Gasteiger charge is -2.14. The molecule has 1 atom stereocenters. The highest BCUT2D eigenvalue weighted by Gasteiger charge is 2.09. The van der Waals surface area contributed by atoms with Crippen LogP contribution in [0.15, 0.2) is 6.20 Å². The van der Waals surface area contributed by atoms with Gasteiger partial charge in [-0.15, -0.1) is 0 Å². The van der Waals surface area contributed by atoms with Crippen LogP contribution in [0.1, 0.15) is 26.5 Å². The van der Waals surface area contributed by atoms with Gasteiger partial charge in [-0.2, -0.15) is 5.10 Å². The Balaban J connectivity index is 2.38. The van der Waals surface area contributed by atoms with E-state index in [4.69, 9.17) is 4.74 Å². The van der Waals surface area contributed by atoms with E-state index in [-0.39, 0.29) is 6.10 Å². The molecular formula is C12H23N3O2. The molecule has 1 aromatic rings. The fourth-order valence-electron chi connectivity index (χ4n) is 1.53. The van der Waals surface area contributed by atoms with Crippen LogP contribution in [-0.4, -0.2) is 40.2 Å². The minimum atomic E-state index is -0.498. The van der Waals surface area contributed by atoms with Crippen molar-refractivity contribution in [2.24, 2.45) is 7.05 Å². The molecule has 17 heavy (non-hydrogen) atoms. The van der Waals surface area contributed by atoms with Gasteiger partial charge < -0.3 is 15.2 Å². The van der Waals surface area contributed by atoms with Gasteiger partial charge in [-0.25, -0.2) is 0 Å². The molecule has 5 nitrogen and oxygen atoms in total. The monoisotopic (exact) mass is 241 g/mol. The summed E-state index contributed by atoms with van der Waals surface area (Å²) in [5, 5.41) is 17.2. The molecule has 0 aliphatic rings. The molecule has 0 saturated heterocycles. The van der Waals surface area contributed by atoms with Crippen LogP contribution in [0.3, 0.4) is 0 Å². The third-order valence-electron chi connectivity index (χ3n) is 2.39. The minimum Gasteiger partial charge on any atom is -0.389 e. The molecule has 0 spiro atoms. The van der Waals surface area contributed by atoms with Crippen molar-refractivity contribution in [2.75, 3.05) is 18.5 Å². The van der Waals surface area contributed by atoms with Crippen LogP contribution < -0.4 is 5.32 Å². The molecule has 1 rings (SSSR count). The number of anilines is 1. The zero-order chi connectivity index (χ0) is 12.8. The van der Waals surface area contributed by atoms with Crippen molar-refractivity contribution in [1.29, 1.82) is 0 Å². The maximum Gasteiger partial charge on any atom is 0.0945 e. The number of ether oxygens (including phenoxy) is 1. The van der Waals surface area contributed by atoms with Gasteiger partial charge in [0.1, 0.15) is 0 Å². The van der Waals surface area contributed by atoms with Crippen molar-refractivity contribution in [3.05, 3.63) is 11.9 Å². The number of hydrogen-bond donors (Lipinski definition) is 2. The first kappa shape index (κ1) is 14.0. The number of aromatic nitrogens is 2. The maximum atomic E-state index is 9.72. The van der Waals surface area contributed by atoms with Crippen molar-refractivity contribution in [3.63, 3.8) is 0 Å². The summed E-state index contributed by atoms with van der Waals surface area (Å²) >= 11 is 0. The van der Waals surface area contributed by atoms with Gasteiger partial charge in [0.25, 0.3) is 0 Å². The summed E-state index contributed by atoms with van der Waals surface area (Å²) in [5.74, 6) is 0. The van der Waals surface area contributed by atoms with Gasteiger partial charge in [0.2, 0.25) is 0 Å². The number of hydrogen-bond acceptors (Lipinski definition) is 4. The van der Waals surface area contributed by atoms with E-state index < -0.39 is 6.10 Å². The number of aliphatic hydroxyl groups is 1. The first-order valence-electron chi connectivity index (χ1n) is 6.09. The normalized spacial score (nSPS) is 13.1. The Labute approximate surface area is 103 Å². The summed E-state index contributed by atoms with van der Waals surface area (Å²) in [6.07, 6.45) is 2.45. The van der Waals surface area contributed by atoms with Crippen molar-refractivity contribution in [3.8, 4) is 0 Å². The van der Waals surface area contributed by atoms with E-state index >= 15 is 0 Å². The van der Waals surface area contributed by atoms with E-state index in [2.05, 4.69) is 17.3 Å². The topological polar surface area (TPSA) is 59.3 Å². The van der Waals surface area contributed by atoms with Gasteiger partial charge in [-0.1, -0.05) is 6.92 Å². The predicted molar refractivity (Wildman–Crippen MR) is 68.2 cm³/mol. The van der Waals surface area contributed by atoms with Gasteiger partial charge in [-0.05, 0) is 20.3 Å². The van der Waals surface area contributed by atoms with E-state index in [1.165, 1.54) is 0 Å². The van der Waals surface area contributed by atoms with E-state index in [9.17, 15) is 5.11 Å². The van der Waals surface area contributed by atoms with Crippen LogP contribution >= 0.6 is 0 Å². The Bertz CT molecular complexity index is 336. The second-order valence-corrected chi connectivity index (χ2v) is 4.43. The highest BCUT2D eigenvalue weighted by Crippen LogP contribution is 2.13. The van der Waals surface area contributed by atoms with Crippen molar-refractivity contribution < 1.29 is 9.84 Å². The molecule has 98 valence electrons. The zero-order valence-corrected chi connectivity index (χ0v) is 11.1. The molecule has 0 bridgehead atoms. The van der Waals surface area contributed by atoms with E-state index in [1.807, 2.05) is 27.1 Å². The SMILES string of the molecule is CCc1nn(C)cc1NCC(O)COC(C)C. The summed E-state index contributed by atoms with van der Waals surface area (Å²) in [7, 11) is 1.89. The maximum absolute atomic E-state index is 9.72. The van der Waals surface area contributed by atoms with Gasteiger partial charge in [0.05, 0.1) is 30.2 Å². The lowest BCUT2D eigenvalue weighted by atomic mass is 10.3. The zero-order valence-electron chi connectivity index (χ0n) is 11.1. The van der Waals surface area contributed by atoms with Crippen LogP contribution in [0.5, 0.6) is 0 Å². The Morgan fingerprint density at radius 2 is 2.24 bits per heavy atom. The Morgan fingerprint density at radius 3 is 2.82 bits per heavy atom. The van der Waals surface area contributed by atoms with Crippen LogP contribution in [0, 0.1) is 0 Å². The van der Waals surface area contributed by atoms with Crippen LogP contribution in [0.4, 0.5) is 5.69 Å². The molecule has 1 unspecified atom stereocenters. The molecule has 2 N–H and O–H groups in total. The van der Waals surface area contributed by atoms with Crippen molar-refractivity contribution in [1.82, 2.24) is 9.78 Å². The Hall–Kier alpha value is -1.07. The molecule has 1 heterocycles. The van der Waals surface area contributed by atoms with E-state index in [1.54, 1.807) is 4.68 Å². The standard InChI is InChI=1S/C12H23N3O2/c1-5-11-12(7-15(4)14-11)13-6-10(16)8-17-9(2)3/h7,9-10,13,16H,5-6,8H2,1-4H3. The number of aryl methyl sites for hydroxylation is 2. The lowest BCUT2D eigenvalue weighted by molar-refractivity contribution is 0.0112. The van der Waals surface area contributed by atoms with Gasteiger partial charge >= 0.3 is 0 Å². The molecule has 5 heteroatoms. The third-order valence-corrected chi connectivity index (χ3v) is 2.39. The highest BCUT2D eigenvalue weighted by molar-refractivity contribution is 5.46. The van der Waals surface area contributed by atoms with E-state index in [0.29, 0.717) is 13.2 Å². The quantitative estimate of drug-likeness (QED) is 0.752. The van der Waals surface area contributed by atoms with Gasteiger partial charge in [-0.3, -0.25) is 4.68 Å². The predicted octanol–water partition coefficient (Wildman–Crippen LogP) is 1.18.